The highest BCUT2D eigenvalue weighted by Crippen LogP contribution is 2.40. The van der Waals surface area contributed by atoms with Crippen molar-refractivity contribution in [2.45, 2.75) is 38.8 Å². The molecule has 0 spiro atoms. The van der Waals surface area contributed by atoms with Gasteiger partial charge in [-0.15, -0.1) is 11.3 Å². The number of thiophene rings is 1. The van der Waals surface area contributed by atoms with E-state index in [1.807, 2.05) is 6.92 Å². The molecule has 84 valence electrons. The second-order valence-electron chi connectivity index (χ2n) is 4.25. The van der Waals surface area contributed by atoms with Gasteiger partial charge in [-0.3, -0.25) is 0 Å². The van der Waals surface area contributed by atoms with E-state index in [4.69, 9.17) is 10.5 Å². The largest absolute Gasteiger partial charge is 0.376 e. The molecule has 2 rings (SSSR count). The van der Waals surface area contributed by atoms with Crippen LogP contribution in [0.2, 0.25) is 0 Å². The van der Waals surface area contributed by atoms with Crippen molar-refractivity contribution in [3.8, 4) is 0 Å². The Morgan fingerprint density at radius 1 is 1.60 bits per heavy atom. The Kier molecular flexibility index (Phi) is 3.44. The van der Waals surface area contributed by atoms with E-state index in [1.165, 1.54) is 23.3 Å². The fourth-order valence-electron chi connectivity index (χ4n) is 2.03. The summed E-state index contributed by atoms with van der Waals surface area (Å²) in [5.41, 5.74) is 7.60. The highest BCUT2D eigenvalue weighted by Gasteiger charge is 2.37. The van der Waals surface area contributed by atoms with Crippen LogP contribution in [0.4, 0.5) is 0 Å². The zero-order chi connectivity index (χ0) is 10.8. The molecule has 2 N–H and O–H groups in total. The smallest absolute Gasteiger partial charge is 0.0803 e. The third kappa shape index (κ3) is 2.41. The van der Waals surface area contributed by atoms with Gasteiger partial charge >= 0.3 is 0 Å². The first-order chi connectivity index (χ1) is 7.24. The molecule has 1 heterocycles. The minimum absolute atomic E-state index is 0.0671. The Balaban J connectivity index is 2.10. The number of hydrogen-bond donors (Lipinski definition) is 1. The van der Waals surface area contributed by atoms with Gasteiger partial charge in [0.1, 0.15) is 0 Å². The van der Waals surface area contributed by atoms with Crippen molar-refractivity contribution in [3.63, 3.8) is 0 Å². The van der Waals surface area contributed by atoms with E-state index < -0.39 is 0 Å². The predicted octanol–water partition coefficient (Wildman–Crippen LogP) is 2.87. The van der Waals surface area contributed by atoms with Gasteiger partial charge in [0.25, 0.3) is 0 Å². The molecule has 2 atom stereocenters. The summed E-state index contributed by atoms with van der Waals surface area (Å²) >= 11 is 1.75. The lowest BCUT2D eigenvalue weighted by atomic mass is 10.0. The van der Waals surface area contributed by atoms with E-state index in [1.54, 1.807) is 11.3 Å². The maximum atomic E-state index is 6.30. The van der Waals surface area contributed by atoms with Crippen molar-refractivity contribution in [3.05, 3.63) is 21.9 Å². The molecule has 2 unspecified atom stereocenters. The van der Waals surface area contributed by atoms with Crippen LogP contribution in [0.5, 0.6) is 0 Å². The molecule has 1 aliphatic carbocycles. The first-order valence-corrected chi connectivity index (χ1v) is 6.53. The van der Waals surface area contributed by atoms with Crippen molar-refractivity contribution in [1.29, 1.82) is 0 Å². The lowest BCUT2D eigenvalue weighted by molar-refractivity contribution is 0.0289. The molecule has 0 aliphatic heterocycles. The summed E-state index contributed by atoms with van der Waals surface area (Å²) in [5.74, 6) is 0.696. The van der Waals surface area contributed by atoms with Crippen LogP contribution in [0.1, 0.15) is 36.2 Å². The maximum absolute atomic E-state index is 6.30. The van der Waals surface area contributed by atoms with Crippen molar-refractivity contribution in [2.75, 3.05) is 6.61 Å². The van der Waals surface area contributed by atoms with Gasteiger partial charge in [-0.2, -0.15) is 0 Å². The minimum Gasteiger partial charge on any atom is -0.376 e. The molecule has 2 nitrogen and oxygen atoms in total. The zero-order valence-electron chi connectivity index (χ0n) is 9.40. The van der Waals surface area contributed by atoms with Gasteiger partial charge in [-0.05, 0) is 49.6 Å². The van der Waals surface area contributed by atoms with E-state index in [2.05, 4.69) is 18.4 Å². The molecule has 0 aromatic carbocycles. The third-order valence-electron chi connectivity index (χ3n) is 3.00. The molecule has 15 heavy (non-hydrogen) atoms. The molecular weight excluding hydrogens is 206 g/mol. The van der Waals surface area contributed by atoms with Gasteiger partial charge in [0, 0.05) is 11.5 Å². The standard InChI is InChI=1S/C12H19NOS/c1-3-14-11(9-4-5-9)10(13)12-8(2)6-7-15-12/h6-7,9-11H,3-5,13H2,1-2H3. The summed E-state index contributed by atoms with van der Waals surface area (Å²) in [6.07, 6.45) is 2.79. The number of hydrogen-bond acceptors (Lipinski definition) is 3. The van der Waals surface area contributed by atoms with Gasteiger partial charge in [0.15, 0.2) is 0 Å². The van der Waals surface area contributed by atoms with E-state index >= 15 is 0 Å². The molecule has 0 amide bonds. The lowest BCUT2D eigenvalue weighted by Gasteiger charge is -2.23. The van der Waals surface area contributed by atoms with E-state index in [0.717, 1.165) is 6.61 Å². The summed E-state index contributed by atoms with van der Waals surface area (Å²) in [5, 5.41) is 2.11. The normalized spacial score (nSPS) is 20.2. The Morgan fingerprint density at radius 3 is 2.80 bits per heavy atom. The second-order valence-corrected chi connectivity index (χ2v) is 5.20. The number of aryl methyl sites for hydroxylation is 1. The van der Waals surface area contributed by atoms with Gasteiger partial charge in [-0.25, -0.2) is 0 Å². The Labute approximate surface area is 95.4 Å². The maximum Gasteiger partial charge on any atom is 0.0803 e. The third-order valence-corrected chi connectivity index (χ3v) is 4.12. The van der Waals surface area contributed by atoms with Crippen LogP contribution < -0.4 is 5.73 Å². The van der Waals surface area contributed by atoms with Crippen molar-refractivity contribution in [2.24, 2.45) is 11.7 Å². The molecule has 1 aromatic rings. The average molecular weight is 225 g/mol. The van der Waals surface area contributed by atoms with Gasteiger partial charge in [0.2, 0.25) is 0 Å². The van der Waals surface area contributed by atoms with Crippen molar-refractivity contribution in [1.82, 2.24) is 0 Å². The molecule has 1 aromatic heterocycles. The van der Waals surface area contributed by atoms with E-state index in [-0.39, 0.29) is 12.1 Å². The van der Waals surface area contributed by atoms with Crippen LogP contribution in [-0.2, 0) is 4.74 Å². The zero-order valence-corrected chi connectivity index (χ0v) is 10.2. The van der Waals surface area contributed by atoms with Gasteiger partial charge in [0.05, 0.1) is 12.1 Å². The van der Waals surface area contributed by atoms with Crippen molar-refractivity contribution < 1.29 is 4.74 Å². The first-order valence-electron chi connectivity index (χ1n) is 5.65. The predicted molar refractivity (Wildman–Crippen MR) is 64.1 cm³/mol. The van der Waals surface area contributed by atoms with Gasteiger partial charge in [-0.1, -0.05) is 0 Å². The number of nitrogens with two attached hydrogens (primary N) is 1. The quantitative estimate of drug-likeness (QED) is 0.836. The fraction of sp³-hybridized carbons (Fsp3) is 0.667. The molecule has 0 bridgehead atoms. The highest BCUT2D eigenvalue weighted by atomic mass is 32.1. The SMILES string of the molecule is CCOC(C1CC1)C(N)c1sccc1C. The molecule has 0 saturated heterocycles. The summed E-state index contributed by atoms with van der Waals surface area (Å²) in [6.45, 7) is 4.93. The van der Waals surface area contributed by atoms with Crippen LogP contribution in [0.3, 0.4) is 0 Å². The van der Waals surface area contributed by atoms with Crippen LogP contribution >= 0.6 is 11.3 Å². The Morgan fingerprint density at radius 2 is 2.33 bits per heavy atom. The average Bonchev–Trinajstić information content (AvgIpc) is 2.97. The summed E-state index contributed by atoms with van der Waals surface area (Å²) < 4.78 is 5.79. The molecule has 1 aliphatic rings. The summed E-state index contributed by atoms with van der Waals surface area (Å²) in [7, 11) is 0. The summed E-state index contributed by atoms with van der Waals surface area (Å²) in [6, 6.07) is 2.20. The van der Waals surface area contributed by atoms with Crippen LogP contribution in [0.15, 0.2) is 11.4 Å². The first kappa shape index (κ1) is 11.1. The van der Waals surface area contributed by atoms with Crippen molar-refractivity contribution >= 4 is 11.3 Å². The van der Waals surface area contributed by atoms with Crippen LogP contribution in [0, 0.1) is 12.8 Å². The molecule has 1 saturated carbocycles. The van der Waals surface area contributed by atoms with Crippen LogP contribution in [0.25, 0.3) is 0 Å². The fourth-order valence-corrected chi connectivity index (χ4v) is 2.99. The molecule has 3 heteroatoms. The Hall–Kier alpha value is -0.380. The lowest BCUT2D eigenvalue weighted by Crippen LogP contribution is -2.30. The topological polar surface area (TPSA) is 35.2 Å². The second kappa shape index (κ2) is 4.64. The molecule has 1 fully saturated rings. The molecular formula is C12H19NOS. The number of ether oxygens (including phenoxy) is 1. The molecule has 0 radical (unpaired) electrons. The van der Waals surface area contributed by atoms with Gasteiger partial charge < -0.3 is 10.5 Å². The van der Waals surface area contributed by atoms with E-state index in [0.29, 0.717) is 5.92 Å². The highest BCUT2D eigenvalue weighted by molar-refractivity contribution is 7.10. The number of rotatable bonds is 5. The minimum atomic E-state index is 0.0671. The van der Waals surface area contributed by atoms with E-state index in [9.17, 15) is 0 Å². The monoisotopic (exact) mass is 225 g/mol. The Bertz CT molecular complexity index is 319. The summed E-state index contributed by atoms with van der Waals surface area (Å²) in [4.78, 5) is 1.29. The van der Waals surface area contributed by atoms with Crippen LogP contribution in [-0.4, -0.2) is 12.7 Å².